The van der Waals surface area contributed by atoms with E-state index in [9.17, 15) is 40.9 Å². The fourth-order valence-corrected chi connectivity index (χ4v) is 4.15. The smallest absolute Gasteiger partial charge is 0.187 e. The summed E-state index contributed by atoms with van der Waals surface area (Å²) >= 11 is 0. The second-order valence-corrected chi connectivity index (χ2v) is 8.09. The lowest BCUT2D eigenvalue weighted by Gasteiger charge is -2.44. The van der Waals surface area contributed by atoms with E-state index in [-0.39, 0.29) is 28.6 Å². The Kier molecular flexibility index (Phi) is 6.73. The van der Waals surface area contributed by atoms with Gasteiger partial charge in [-0.3, -0.25) is 0 Å². The molecule has 1 saturated heterocycles. The van der Waals surface area contributed by atoms with E-state index >= 15 is 0 Å². The number of aliphatic hydroxyl groups excluding tert-OH is 5. The first-order valence-electron chi connectivity index (χ1n) is 10.4. The predicted octanol–water partition coefficient (Wildman–Crippen LogP) is -0.836. The molecular formula is C22H26O12. The number of phenolic OH excluding ortho intramolecular Hbond substituents is 3. The van der Waals surface area contributed by atoms with Crippen LogP contribution >= 0.6 is 0 Å². The van der Waals surface area contributed by atoms with Crippen molar-refractivity contribution in [3.05, 3.63) is 41.5 Å². The van der Waals surface area contributed by atoms with Crippen LogP contribution in [0.3, 0.4) is 0 Å². The molecule has 0 radical (unpaired) electrons. The highest BCUT2D eigenvalue weighted by atomic mass is 16.7. The van der Waals surface area contributed by atoms with Gasteiger partial charge in [-0.2, -0.15) is 0 Å². The molecular weight excluding hydrogens is 456 g/mol. The van der Waals surface area contributed by atoms with Crippen LogP contribution in [0.15, 0.2) is 30.3 Å². The quantitative estimate of drug-likeness (QED) is 0.263. The number of phenols is 3. The number of benzene rings is 2. The number of methoxy groups -OCH3 is 1. The minimum atomic E-state index is -1.76. The number of fused-ring (bicyclic) bond motifs is 1. The minimum absolute atomic E-state index is 0.0565. The van der Waals surface area contributed by atoms with Gasteiger partial charge in [0.15, 0.2) is 23.9 Å². The molecule has 0 amide bonds. The Morgan fingerprint density at radius 3 is 2.29 bits per heavy atom. The van der Waals surface area contributed by atoms with Gasteiger partial charge < -0.3 is 59.8 Å². The minimum Gasteiger partial charge on any atom is -0.508 e. The van der Waals surface area contributed by atoms with Crippen molar-refractivity contribution in [2.45, 2.75) is 49.0 Å². The van der Waals surface area contributed by atoms with Crippen LogP contribution in [0.5, 0.6) is 28.7 Å². The van der Waals surface area contributed by atoms with Gasteiger partial charge in [-0.15, -0.1) is 0 Å². The second kappa shape index (κ2) is 9.43. The van der Waals surface area contributed by atoms with Crippen molar-refractivity contribution in [1.82, 2.24) is 0 Å². The molecule has 4 rings (SSSR count). The van der Waals surface area contributed by atoms with E-state index in [0.29, 0.717) is 5.56 Å². The van der Waals surface area contributed by atoms with E-state index in [2.05, 4.69) is 0 Å². The SMILES string of the molecule is COc1ccc([C@H]2Oc3cc(O)cc(O)c3[C@H](O)[C@H]2O[C@@H]2O[C@@H](CO)[C@H](O)[C@H](O)[C@H]2O)cc1O. The summed E-state index contributed by atoms with van der Waals surface area (Å²) in [4.78, 5) is 0. The van der Waals surface area contributed by atoms with Gasteiger partial charge in [-0.25, -0.2) is 0 Å². The fourth-order valence-electron chi connectivity index (χ4n) is 4.15. The van der Waals surface area contributed by atoms with Crippen molar-refractivity contribution >= 4 is 0 Å². The molecule has 0 saturated carbocycles. The van der Waals surface area contributed by atoms with Crippen LogP contribution < -0.4 is 9.47 Å². The second-order valence-electron chi connectivity index (χ2n) is 8.09. The lowest BCUT2D eigenvalue weighted by Crippen LogP contribution is -2.60. The van der Waals surface area contributed by atoms with Gasteiger partial charge in [0.25, 0.3) is 0 Å². The number of hydrogen-bond donors (Lipinski definition) is 8. The summed E-state index contributed by atoms with van der Waals surface area (Å²) in [7, 11) is 1.36. The van der Waals surface area contributed by atoms with Crippen LogP contribution in [-0.4, -0.2) is 91.4 Å². The molecule has 186 valence electrons. The van der Waals surface area contributed by atoms with Crippen LogP contribution in [0, 0.1) is 0 Å². The maximum absolute atomic E-state index is 11.1. The average molecular weight is 482 g/mol. The Labute approximate surface area is 193 Å². The highest BCUT2D eigenvalue weighted by molar-refractivity contribution is 5.53. The molecule has 8 atom stereocenters. The molecule has 2 heterocycles. The summed E-state index contributed by atoms with van der Waals surface area (Å²) in [6.45, 7) is -0.687. The van der Waals surface area contributed by atoms with E-state index in [1.54, 1.807) is 0 Å². The molecule has 0 aliphatic carbocycles. The summed E-state index contributed by atoms with van der Waals surface area (Å²) in [6.07, 6.45) is -12.1. The highest BCUT2D eigenvalue weighted by Crippen LogP contribution is 2.49. The normalized spacial score (nSPS) is 33.1. The summed E-state index contributed by atoms with van der Waals surface area (Å²) in [5, 5.41) is 81.5. The molecule has 2 aromatic rings. The van der Waals surface area contributed by atoms with Gasteiger partial charge >= 0.3 is 0 Å². The summed E-state index contributed by atoms with van der Waals surface area (Å²) in [5.41, 5.74) is 0.182. The van der Waals surface area contributed by atoms with Crippen molar-refractivity contribution < 1.29 is 59.8 Å². The zero-order valence-corrected chi connectivity index (χ0v) is 17.9. The first-order chi connectivity index (χ1) is 16.2. The molecule has 2 aliphatic heterocycles. The first kappa shape index (κ1) is 24.3. The summed E-state index contributed by atoms with van der Waals surface area (Å²) in [5.74, 6) is -0.940. The Morgan fingerprint density at radius 1 is 0.912 bits per heavy atom. The van der Waals surface area contributed by atoms with Gasteiger partial charge in [0.1, 0.15) is 53.9 Å². The predicted molar refractivity (Wildman–Crippen MR) is 111 cm³/mol. The molecule has 8 N–H and O–H groups in total. The Morgan fingerprint density at radius 2 is 1.65 bits per heavy atom. The van der Waals surface area contributed by atoms with Crippen LogP contribution in [0.1, 0.15) is 23.3 Å². The zero-order valence-electron chi connectivity index (χ0n) is 17.9. The molecule has 0 unspecified atom stereocenters. The molecule has 1 fully saturated rings. The third-order valence-corrected chi connectivity index (χ3v) is 5.94. The maximum atomic E-state index is 11.1. The monoisotopic (exact) mass is 482 g/mol. The average Bonchev–Trinajstić information content (AvgIpc) is 2.80. The fraction of sp³-hybridized carbons (Fsp3) is 0.455. The maximum Gasteiger partial charge on any atom is 0.187 e. The van der Waals surface area contributed by atoms with E-state index in [0.717, 1.165) is 6.07 Å². The zero-order chi connectivity index (χ0) is 24.7. The third kappa shape index (κ3) is 4.20. The molecule has 0 spiro atoms. The van der Waals surface area contributed by atoms with Crippen LogP contribution in [0.25, 0.3) is 0 Å². The van der Waals surface area contributed by atoms with E-state index in [1.807, 2.05) is 0 Å². The number of ether oxygens (including phenoxy) is 4. The highest BCUT2D eigenvalue weighted by Gasteiger charge is 2.49. The van der Waals surface area contributed by atoms with Crippen molar-refractivity contribution in [3.63, 3.8) is 0 Å². The molecule has 2 aliphatic rings. The summed E-state index contributed by atoms with van der Waals surface area (Å²) < 4.78 is 22.1. The Hall–Kier alpha value is -2.84. The number of aromatic hydroxyl groups is 3. The van der Waals surface area contributed by atoms with Gasteiger partial charge in [0.05, 0.1) is 19.3 Å². The van der Waals surface area contributed by atoms with Gasteiger partial charge in [-0.1, -0.05) is 6.07 Å². The van der Waals surface area contributed by atoms with Crippen molar-refractivity contribution in [2.75, 3.05) is 13.7 Å². The molecule has 0 aromatic heterocycles. The van der Waals surface area contributed by atoms with Crippen LogP contribution in [0.4, 0.5) is 0 Å². The third-order valence-electron chi connectivity index (χ3n) is 5.94. The topological polar surface area (TPSA) is 199 Å². The number of rotatable bonds is 5. The van der Waals surface area contributed by atoms with E-state index in [1.165, 1.54) is 31.4 Å². The molecule has 0 bridgehead atoms. The van der Waals surface area contributed by atoms with Crippen molar-refractivity contribution in [1.29, 1.82) is 0 Å². The van der Waals surface area contributed by atoms with Crippen LogP contribution in [0.2, 0.25) is 0 Å². The van der Waals surface area contributed by atoms with Gasteiger partial charge in [0, 0.05) is 12.1 Å². The Bertz CT molecular complexity index is 1030. The van der Waals surface area contributed by atoms with Crippen molar-refractivity contribution in [3.8, 4) is 28.7 Å². The van der Waals surface area contributed by atoms with E-state index < -0.39 is 61.4 Å². The lowest BCUT2D eigenvalue weighted by atomic mass is 9.90. The molecule has 12 heteroatoms. The van der Waals surface area contributed by atoms with Gasteiger partial charge in [-0.05, 0) is 17.7 Å². The van der Waals surface area contributed by atoms with E-state index in [4.69, 9.17) is 18.9 Å². The first-order valence-corrected chi connectivity index (χ1v) is 10.4. The molecule has 34 heavy (non-hydrogen) atoms. The molecule has 12 nitrogen and oxygen atoms in total. The largest absolute Gasteiger partial charge is 0.508 e. The van der Waals surface area contributed by atoms with Crippen molar-refractivity contribution in [2.24, 2.45) is 0 Å². The lowest BCUT2D eigenvalue weighted by molar-refractivity contribution is -0.325. The summed E-state index contributed by atoms with van der Waals surface area (Å²) in [6, 6.07) is 6.44. The number of hydrogen-bond acceptors (Lipinski definition) is 12. The van der Waals surface area contributed by atoms with Crippen LogP contribution in [-0.2, 0) is 9.47 Å². The molecule has 2 aromatic carbocycles. The van der Waals surface area contributed by atoms with Gasteiger partial charge in [0.2, 0.25) is 0 Å². The standard InChI is InChI=1S/C22H26O12/c1-31-12-3-2-8(4-10(12)25)20-21(17(28)15-11(26)5-9(24)6-13(15)32-20)34-22-19(30)18(29)16(27)14(7-23)33-22/h2-6,14,16-30H,7H2,1H3/t14-,16-,17-,18-,19+,20+,21+,22-/m0/s1. The Balaban J connectivity index is 1.74. The number of aliphatic hydroxyl groups is 5.